The fraction of sp³-hybridized carbons (Fsp3) is 0.588. The van der Waals surface area contributed by atoms with Gasteiger partial charge in [0.2, 0.25) is 0 Å². The van der Waals surface area contributed by atoms with Gasteiger partial charge in [-0.05, 0) is 33.6 Å². The van der Waals surface area contributed by atoms with Crippen LogP contribution in [0.15, 0.2) is 24.3 Å². The Morgan fingerprint density at radius 2 is 1.77 bits per heavy atom. The van der Waals surface area contributed by atoms with E-state index in [-0.39, 0.29) is 11.7 Å². The largest absolute Gasteiger partial charge is 0.459 e. The Kier molecular flexibility index (Phi) is 4.54. The van der Waals surface area contributed by atoms with Gasteiger partial charge in [-0.2, -0.15) is 0 Å². The third kappa shape index (κ3) is 3.29. The number of benzene rings is 1. The van der Waals surface area contributed by atoms with Crippen LogP contribution in [0.1, 0.15) is 58.4 Å². The molecule has 0 radical (unpaired) electrons. The van der Waals surface area contributed by atoms with E-state index in [0.717, 1.165) is 19.3 Å². The topological polar surface area (TPSA) is 69.4 Å². The van der Waals surface area contributed by atoms with Crippen molar-refractivity contribution >= 4 is 11.7 Å². The Labute approximate surface area is 130 Å². The molecule has 1 fully saturated rings. The number of carbonyl (C=O) groups is 1. The van der Waals surface area contributed by atoms with Crippen molar-refractivity contribution in [2.45, 2.75) is 63.9 Å². The predicted octanol–water partition coefficient (Wildman–Crippen LogP) is 4.14. The van der Waals surface area contributed by atoms with Crippen molar-refractivity contribution in [3.63, 3.8) is 0 Å². The highest BCUT2D eigenvalue weighted by Crippen LogP contribution is 2.44. The highest BCUT2D eigenvalue weighted by molar-refractivity contribution is 5.85. The van der Waals surface area contributed by atoms with Crippen LogP contribution < -0.4 is 0 Å². The van der Waals surface area contributed by atoms with Gasteiger partial charge in [-0.1, -0.05) is 37.5 Å². The van der Waals surface area contributed by atoms with Gasteiger partial charge < -0.3 is 4.74 Å². The maximum Gasteiger partial charge on any atom is 0.317 e. The first-order chi connectivity index (χ1) is 10.3. The number of para-hydroxylation sites is 1. The average molecular weight is 305 g/mol. The zero-order chi connectivity index (χ0) is 16.4. The maximum absolute atomic E-state index is 12.9. The quantitative estimate of drug-likeness (QED) is 0.478. The first-order valence-electron chi connectivity index (χ1n) is 7.74. The first kappa shape index (κ1) is 16.5. The number of ether oxygens (including phenoxy) is 1. The molecule has 0 aromatic heterocycles. The van der Waals surface area contributed by atoms with Crippen LogP contribution in [0.4, 0.5) is 5.69 Å². The van der Waals surface area contributed by atoms with E-state index in [1.54, 1.807) is 18.2 Å². The van der Waals surface area contributed by atoms with E-state index >= 15 is 0 Å². The van der Waals surface area contributed by atoms with Gasteiger partial charge in [-0.25, -0.2) is 0 Å². The molecule has 1 aromatic rings. The van der Waals surface area contributed by atoms with E-state index in [1.807, 2.05) is 20.8 Å². The average Bonchev–Trinajstić information content (AvgIpc) is 2.46. The summed E-state index contributed by atoms with van der Waals surface area (Å²) in [5, 5.41) is 11.4. The summed E-state index contributed by atoms with van der Waals surface area (Å²) in [5.41, 5.74) is -0.996. The Hall–Kier alpha value is -1.91. The Bertz CT molecular complexity index is 568. The number of esters is 1. The molecule has 5 nitrogen and oxygen atoms in total. The summed E-state index contributed by atoms with van der Waals surface area (Å²) in [7, 11) is 0. The summed E-state index contributed by atoms with van der Waals surface area (Å²) in [6, 6.07) is 6.56. The summed E-state index contributed by atoms with van der Waals surface area (Å²) in [6.45, 7) is 5.46. The van der Waals surface area contributed by atoms with Crippen molar-refractivity contribution in [3.8, 4) is 0 Å². The molecule has 0 heterocycles. The van der Waals surface area contributed by atoms with Crippen LogP contribution >= 0.6 is 0 Å². The monoisotopic (exact) mass is 305 g/mol. The van der Waals surface area contributed by atoms with Crippen LogP contribution in [0, 0.1) is 10.1 Å². The molecule has 120 valence electrons. The Balaban J connectivity index is 2.51. The molecule has 1 saturated carbocycles. The lowest BCUT2D eigenvalue weighted by atomic mass is 9.69. The molecule has 5 heteroatoms. The smallest absolute Gasteiger partial charge is 0.317 e. The zero-order valence-electron chi connectivity index (χ0n) is 13.4. The van der Waals surface area contributed by atoms with E-state index in [9.17, 15) is 14.9 Å². The fourth-order valence-corrected chi connectivity index (χ4v) is 3.15. The molecule has 0 atom stereocenters. The molecule has 1 aromatic carbocycles. The molecule has 0 saturated heterocycles. The summed E-state index contributed by atoms with van der Waals surface area (Å²) >= 11 is 0. The lowest BCUT2D eigenvalue weighted by Crippen LogP contribution is -2.43. The molecular formula is C17H23NO4. The van der Waals surface area contributed by atoms with Crippen molar-refractivity contribution in [1.82, 2.24) is 0 Å². The summed E-state index contributed by atoms with van der Waals surface area (Å²) < 4.78 is 5.61. The lowest BCUT2D eigenvalue weighted by molar-refractivity contribution is -0.386. The van der Waals surface area contributed by atoms with Gasteiger partial charge in [0.1, 0.15) is 5.60 Å². The van der Waals surface area contributed by atoms with Gasteiger partial charge >= 0.3 is 5.97 Å². The van der Waals surface area contributed by atoms with Crippen LogP contribution in [-0.2, 0) is 14.9 Å². The molecule has 0 amide bonds. The molecule has 0 bridgehead atoms. The Morgan fingerprint density at radius 3 is 2.32 bits per heavy atom. The first-order valence-corrected chi connectivity index (χ1v) is 7.74. The van der Waals surface area contributed by atoms with Gasteiger partial charge in [0.05, 0.1) is 10.3 Å². The molecule has 0 N–H and O–H groups in total. The molecule has 0 unspecified atom stereocenters. The molecule has 0 aliphatic heterocycles. The number of nitrogens with zero attached hydrogens (tertiary/aromatic N) is 1. The zero-order valence-corrected chi connectivity index (χ0v) is 13.4. The van der Waals surface area contributed by atoms with Crippen LogP contribution in [0.2, 0.25) is 0 Å². The van der Waals surface area contributed by atoms with Gasteiger partial charge in [-0.3, -0.25) is 14.9 Å². The summed E-state index contributed by atoms with van der Waals surface area (Å²) in [5.74, 6) is -0.339. The minimum atomic E-state index is -0.894. The van der Waals surface area contributed by atoms with Gasteiger partial charge in [0.25, 0.3) is 5.69 Å². The number of rotatable bonds is 3. The number of carbonyl (C=O) groups excluding carboxylic acids is 1. The summed E-state index contributed by atoms with van der Waals surface area (Å²) in [4.78, 5) is 23.8. The highest BCUT2D eigenvalue weighted by atomic mass is 16.6. The van der Waals surface area contributed by atoms with E-state index in [4.69, 9.17) is 4.74 Å². The van der Waals surface area contributed by atoms with Crippen molar-refractivity contribution < 1.29 is 14.5 Å². The van der Waals surface area contributed by atoms with Crippen LogP contribution in [0.5, 0.6) is 0 Å². The third-order valence-electron chi connectivity index (χ3n) is 4.11. The third-order valence-corrected chi connectivity index (χ3v) is 4.11. The van der Waals surface area contributed by atoms with E-state index in [1.165, 1.54) is 6.07 Å². The Morgan fingerprint density at radius 1 is 1.18 bits per heavy atom. The molecule has 22 heavy (non-hydrogen) atoms. The number of nitro groups is 1. The molecule has 1 aliphatic rings. The van der Waals surface area contributed by atoms with Crippen molar-refractivity contribution in [3.05, 3.63) is 39.9 Å². The molecular weight excluding hydrogens is 282 g/mol. The minimum Gasteiger partial charge on any atom is -0.459 e. The molecule has 0 spiro atoms. The normalized spacial score (nSPS) is 17.8. The van der Waals surface area contributed by atoms with Gasteiger partial charge in [0, 0.05) is 11.6 Å². The standard InChI is InChI=1S/C17H23NO4/c1-16(2,3)22-15(19)17(11-7-4-8-12-17)13-9-5-6-10-14(13)18(20)21/h5-6,9-10H,4,7-8,11-12H2,1-3H3. The molecule has 2 rings (SSSR count). The second-order valence-corrected chi connectivity index (χ2v) is 6.92. The van der Waals surface area contributed by atoms with Crippen LogP contribution in [0.25, 0.3) is 0 Å². The van der Waals surface area contributed by atoms with Crippen molar-refractivity contribution in [2.75, 3.05) is 0 Å². The maximum atomic E-state index is 12.9. The van der Waals surface area contributed by atoms with Crippen molar-refractivity contribution in [1.29, 1.82) is 0 Å². The van der Waals surface area contributed by atoms with E-state index in [0.29, 0.717) is 18.4 Å². The SMILES string of the molecule is CC(C)(C)OC(=O)C1(c2ccccc2[N+](=O)[O-])CCCCC1. The number of hydrogen-bond acceptors (Lipinski definition) is 4. The number of nitro benzene ring substituents is 1. The second-order valence-electron chi connectivity index (χ2n) is 6.92. The predicted molar refractivity (Wildman–Crippen MR) is 83.7 cm³/mol. The van der Waals surface area contributed by atoms with E-state index in [2.05, 4.69) is 0 Å². The van der Waals surface area contributed by atoms with Crippen LogP contribution in [-0.4, -0.2) is 16.5 Å². The van der Waals surface area contributed by atoms with Crippen LogP contribution in [0.3, 0.4) is 0 Å². The molecule has 1 aliphatic carbocycles. The second kappa shape index (κ2) is 6.07. The minimum absolute atomic E-state index is 0.00950. The van der Waals surface area contributed by atoms with Crippen molar-refractivity contribution in [2.24, 2.45) is 0 Å². The van der Waals surface area contributed by atoms with E-state index < -0.39 is 15.9 Å². The van der Waals surface area contributed by atoms with Gasteiger partial charge in [-0.15, -0.1) is 0 Å². The fourth-order valence-electron chi connectivity index (χ4n) is 3.15. The summed E-state index contributed by atoms with van der Waals surface area (Å²) in [6.07, 6.45) is 4.02. The highest BCUT2D eigenvalue weighted by Gasteiger charge is 2.47. The lowest BCUT2D eigenvalue weighted by Gasteiger charge is -2.37. The van der Waals surface area contributed by atoms with Gasteiger partial charge in [0.15, 0.2) is 0 Å². The number of hydrogen-bond donors (Lipinski definition) is 0.